The van der Waals surface area contributed by atoms with E-state index in [1.165, 1.54) is 12.5 Å². The molecule has 0 bridgehead atoms. The van der Waals surface area contributed by atoms with Gasteiger partial charge in [0.2, 0.25) is 15.9 Å². The van der Waals surface area contributed by atoms with E-state index >= 15 is 0 Å². The molecule has 0 unspecified atom stereocenters. The lowest BCUT2D eigenvalue weighted by Crippen LogP contribution is -2.40. The summed E-state index contributed by atoms with van der Waals surface area (Å²) in [5.74, 6) is 0.472. The first-order chi connectivity index (χ1) is 14.9. The van der Waals surface area contributed by atoms with Gasteiger partial charge in [0.05, 0.1) is 0 Å². The first kappa shape index (κ1) is 21.4. The highest BCUT2D eigenvalue weighted by Gasteiger charge is 2.42. The van der Waals surface area contributed by atoms with Gasteiger partial charge in [-0.25, -0.2) is 13.1 Å². The molecular weight excluding hydrogens is 416 g/mol. The second kappa shape index (κ2) is 9.11. The van der Waals surface area contributed by atoms with Crippen molar-refractivity contribution in [3.8, 4) is 11.5 Å². The summed E-state index contributed by atoms with van der Waals surface area (Å²) in [6.45, 7) is 0.000952. The Hall–Kier alpha value is -2.84. The topological polar surface area (TPSA) is 93.7 Å². The largest absolute Gasteiger partial charge is 0.448 e. The molecule has 0 aromatic heterocycles. The Morgan fingerprint density at radius 2 is 1.74 bits per heavy atom. The molecule has 0 radical (unpaired) electrons. The number of carbonyl (C=O) groups excluding carboxylic acids is 1. The van der Waals surface area contributed by atoms with Crippen molar-refractivity contribution in [3.05, 3.63) is 59.5 Å². The number of nitrogens with one attached hydrogen (secondary N) is 2. The summed E-state index contributed by atoms with van der Waals surface area (Å²) in [6.07, 6.45) is 6.59. The molecule has 2 aromatic rings. The van der Waals surface area contributed by atoms with E-state index < -0.39 is 15.8 Å². The molecule has 1 aliphatic heterocycles. The quantitative estimate of drug-likeness (QED) is 0.675. The molecule has 0 saturated heterocycles. The maximum absolute atomic E-state index is 12.2. The van der Waals surface area contributed by atoms with Crippen molar-refractivity contribution < 1.29 is 22.7 Å². The van der Waals surface area contributed by atoms with Crippen molar-refractivity contribution in [2.45, 2.75) is 44.3 Å². The second-order valence-corrected chi connectivity index (χ2v) is 9.44. The predicted molar refractivity (Wildman–Crippen MR) is 119 cm³/mol. The van der Waals surface area contributed by atoms with E-state index in [9.17, 15) is 13.2 Å². The molecule has 2 aliphatic rings. The Morgan fingerprint density at radius 3 is 2.52 bits per heavy atom. The number of hydrogen-bond donors (Lipinski definition) is 2. The van der Waals surface area contributed by atoms with Crippen molar-refractivity contribution in [1.82, 2.24) is 4.72 Å². The van der Waals surface area contributed by atoms with Gasteiger partial charge in [0.1, 0.15) is 0 Å². The van der Waals surface area contributed by atoms with Crippen LogP contribution in [0, 0.1) is 0 Å². The monoisotopic (exact) mass is 442 g/mol. The SMILES string of the molecule is O=C(CCNS(=O)(=O)/C=C/c1ccccc1)Nc1ccc2c(c1)OC1(CCCCC1)O2. The van der Waals surface area contributed by atoms with Gasteiger partial charge in [0.15, 0.2) is 11.5 Å². The standard InChI is InChI=1S/C23H26N2O5S/c26-22(11-15-24-31(27,28)16-12-18-7-3-1-4-8-18)25-19-9-10-20-21(17-19)30-23(29-20)13-5-2-6-14-23/h1,3-4,7-10,12,16-17,24H,2,5-6,11,13-15H2,(H,25,26)/b16-12+. The van der Waals surface area contributed by atoms with Crippen LogP contribution < -0.4 is 19.5 Å². The Morgan fingerprint density at radius 1 is 1.00 bits per heavy atom. The van der Waals surface area contributed by atoms with Crippen molar-refractivity contribution in [2.24, 2.45) is 0 Å². The number of carbonyl (C=O) groups is 1. The molecule has 1 amide bonds. The number of fused-ring (bicyclic) bond motifs is 1. The fraction of sp³-hybridized carbons (Fsp3) is 0.348. The van der Waals surface area contributed by atoms with Crippen LogP contribution in [-0.4, -0.2) is 26.7 Å². The smallest absolute Gasteiger partial charge is 0.251 e. The lowest BCUT2D eigenvalue weighted by molar-refractivity contribution is -0.116. The Bertz CT molecular complexity index is 1060. The molecule has 2 N–H and O–H groups in total. The molecule has 164 valence electrons. The van der Waals surface area contributed by atoms with Gasteiger partial charge < -0.3 is 14.8 Å². The van der Waals surface area contributed by atoms with Crippen molar-refractivity contribution in [2.75, 3.05) is 11.9 Å². The van der Waals surface area contributed by atoms with Crippen molar-refractivity contribution in [1.29, 1.82) is 0 Å². The maximum Gasteiger partial charge on any atom is 0.251 e. The summed E-state index contributed by atoms with van der Waals surface area (Å²) in [5.41, 5.74) is 1.37. The molecule has 0 atom stereocenters. The fourth-order valence-corrected chi connectivity index (χ4v) is 4.60. The highest BCUT2D eigenvalue weighted by molar-refractivity contribution is 7.92. The molecule has 1 aliphatic carbocycles. The van der Waals surface area contributed by atoms with E-state index in [0.29, 0.717) is 17.2 Å². The van der Waals surface area contributed by atoms with E-state index in [1.807, 2.05) is 18.2 Å². The summed E-state index contributed by atoms with van der Waals surface area (Å²) in [6, 6.07) is 14.4. The van der Waals surface area contributed by atoms with Crippen LogP contribution in [0.4, 0.5) is 5.69 Å². The summed E-state index contributed by atoms with van der Waals surface area (Å²) in [5, 5.41) is 3.88. The molecule has 1 fully saturated rings. The third-order valence-corrected chi connectivity index (χ3v) is 6.43. The molecule has 1 saturated carbocycles. The van der Waals surface area contributed by atoms with Gasteiger partial charge in [0.25, 0.3) is 5.79 Å². The molecule has 1 spiro atoms. The number of anilines is 1. The van der Waals surface area contributed by atoms with Crippen molar-refractivity contribution in [3.63, 3.8) is 0 Å². The molecule has 7 nitrogen and oxygen atoms in total. The first-order valence-corrected chi connectivity index (χ1v) is 12.0. The average molecular weight is 443 g/mol. The normalized spacial score (nSPS) is 17.2. The third-order valence-electron chi connectivity index (χ3n) is 5.33. The average Bonchev–Trinajstić information content (AvgIpc) is 3.10. The molecule has 1 heterocycles. The highest BCUT2D eigenvalue weighted by atomic mass is 32.2. The molecular formula is C23H26N2O5S. The van der Waals surface area contributed by atoms with E-state index in [-0.39, 0.29) is 18.9 Å². The van der Waals surface area contributed by atoms with Gasteiger partial charge >= 0.3 is 0 Å². The highest BCUT2D eigenvalue weighted by Crippen LogP contribution is 2.46. The number of sulfonamides is 1. The van der Waals surface area contributed by atoms with Gasteiger partial charge in [0, 0.05) is 43.0 Å². The zero-order valence-electron chi connectivity index (χ0n) is 17.2. The summed E-state index contributed by atoms with van der Waals surface area (Å²) < 4.78 is 38.6. The number of hydrogen-bond acceptors (Lipinski definition) is 5. The van der Waals surface area contributed by atoms with Crippen LogP contribution in [0.1, 0.15) is 44.1 Å². The van der Waals surface area contributed by atoms with Gasteiger partial charge in [-0.3, -0.25) is 4.79 Å². The van der Waals surface area contributed by atoms with Crippen LogP contribution in [0.15, 0.2) is 53.9 Å². The van der Waals surface area contributed by atoms with E-state index in [0.717, 1.165) is 36.7 Å². The zero-order chi connectivity index (χ0) is 21.7. The lowest BCUT2D eigenvalue weighted by atomic mass is 9.94. The van der Waals surface area contributed by atoms with E-state index in [1.54, 1.807) is 30.3 Å². The fourth-order valence-electron chi connectivity index (χ4n) is 3.78. The number of rotatable bonds is 7. The number of ether oxygens (including phenoxy) is 2. The first-order valence-electron chi connectivity index (χ1n) is 10.5. The van der Waals surface area contributed by atoms with Crippen LogP contribution in [-0.2, 0) is 14.8 Å². The van der Waals surface area contributed by atoms with Gasteiger partial charge in [-0.15, -0.1) is 0 Å². The minimum atomic E-state index is -3.62. The van der Waals surface area contributed by atoms with Crippen LogP contribution in [0.5, 0.6) is 11.5 Å². The van der Waals surface area contributed by atoms with E-state index in [4.69, 9.17) is 9.47 Å². The predicted octanol–water partition coefficient (Wildman–Crippen LogP) is 4.04. The van der Waals surface area contributed by atoms with Crippen LogP contribution in [0.3, 0.4) is 0 Å². The van der Waals surface area contributed by atoms with Crippen molar-refractivity contribution >= 4 is 27.7 Å². The second-order valence-electron chi connectivity index (χ2n) is 7.79. The molecule has 4 rings (SSSR count). The zero-order valence-corrected chi connectivity index (χ0v) is 18.0. The maximum atomic E-state index is 12.2. The lowest BCUT2D eigenvalue weighted by Gasteiger charge is -2.31. The van der Waals surface area contributed by atoms with E-state index in [2.05, 4.69) is 10.0 Å². The molecule has 8 heteroatoms. The number of benzene rings is 2. The van der Waals surface area contributed by atoms with Crippen LogP contribution >= 0.6 is 0 Å². The Kier molecular flexibility index (Phi) is 6.29. The summed E-state index contributed by atoms with van der Waals surface area (Å²) in [4.78, 5) is 12.2. The third kappa shape index (κ3) is 5.65. The van der Waals surface area contributed by atoms with Crippen LogP contribution in [0.2, 0.25) is 0 Å². The number of amides is 1. The van der Waals surface area contributed by atoms with Gasteiger partial charge in [-0.1, -0.05) is 36.8 Å². The minimum absolute atomic E-state index is 0.000952. The molecule has 2 aromatic carbocycles. The minimum Gasteiger partial charge on any atom is -0.448 e. The molecule has 31 heavy (non-hydrogen) atoms. The summed E-state index contributed by atoms with van der Waals surface area (Å²) >= 11 is 0. The Balaban J connectivity index is 1.26. The van der Waals surface area contributed by atoms with Gasteiger partial charge in [-0.05, 0) is 36.6 Å². The summed E-state index contributed by atoms with van der Waals surface area (Å²) in [7, 11) is -3.62. The Labute approximate surface area is 182 Å². The van der Waals surface area contributed by atoms with Crippen LogP contribution in [0.25, 0.3) is 6.08 Å². The van der Waals surface area contributed by atoms with Gasteiger partial charge in [-0.2, -0.15) is 0 Å².